The molecule has 1 aliphatic heterocycles. The second kappa shape index (κ2) is 8.86. The molecule has 18 heavy (non-hydrogen) atoms. The van der Waals surface area contributed by atoms with Crippen LogP contribution in [0.5, 0.6) is 0 Å². The van der Waals surface area contributed by atoms with Crippen LogP contribution in [0.2, 0.25) is 0 Å². The molecule has 0 aliphatic carbocycles. The highest BCUT2D eigenvalue weighted by atomic mass is 16.7. The van der Waals surface area contributed by atoms with Crippen molar-refractivity contribution in [2.75, 3.05) is 46.4 Å². The van der Waals surface area contributed by atoms with Gasteiger partial charge in [0, 0.05) is 32.3 Å². The van der Waals surface area contributed by atoms with Crippen LogP contribution >= 0.6 is 0 Å². The molecule has 4 heteroatoms. The van der Waals surface area contributed by atoms with Crippen LogP contribution in [0.15, 0.2) is 0 Å². The van der Waals surface area contributed by atoms with Gasteiger partial charge in [0.25, 0.3) is 0 Å². The van der Waals surface area contributed by atoms with Gasteiger partial charge in [0.15, 0.2) is 6.29 Å². The number of hydrogen-bond donors (Lipinski definition) is 0. The standard InChI is InChI=1S/C14H30N2O2/c1-5-16-10-8-9-13(16)11-15(4)12-14(17-6-2)18-7-3/h13-14H,5-12H2,1-4H3. The normalized spacial score (nSPS) is 21.3. The van der Waals surface area contributed by atoms with Crippen molar-refractivity contribution >= 4 is 0 Å². The number of ether oxygens (including phenoxy) is 2. The third-order valence-corrected chi connectivity index (χ3v) is 3.59. The molecule has 0 aromatic carbocycles. The van der Waals surface area contributed by atoms with E-state index in [2.05, 4.69) is 23.8 Å². The minimum atomic E-state index is -0.0820. The van der Waals surface area contributed by atoms with Gasteiger partial charge in [-0.25, -0.2) is 0 Å². The summed E-state index contributed by atoms with van der Waals surface area (Å²) in [6.07, 6.45) is 2.58. The highest BCUT2D eigenvalue weighted by Gasteiger charge is 2.24. The Balaban J connectivity index is 2.32. The fraction of sp³-hybridized carbons (Fsp3) is 1.00. The fourth-order valence-corrected chi connectivity index (χ4v) is 2.73. The van der Waals surface area contributed by atoms with Crippen molar-refractivity contribution in [3.63, 3.8) is 0 Å². The van der Waals surface area contributed by atoms with Crippen LogP contribution in [0.1, 0.15) is 33.6 Å². The second-order valence-electron chi connectivity index (χ2n) is 4.99. The highest BCUT2D eigenvalue weighted by molar-refractivity contribution is 4.80. The molecule has 1 saturated heterocycles. The van der Waals surface area contributed by atoms with Crippen molar-refractivity contribution in [1.82, 2.24) is 9.80 Å². The summed E-state index contributed by atoms with van der Waals surface area (Å²) in [5, 5.41) is 0. The summed E-state index contributed by atoms with van der Waals surface area (Å²) in [6.45, 7) is 12.1. The molecule has 1 aliphatic rings. The summed E-state index contributed by atoms with van der Waals surface area (Å²) in [7, 11) is 2.16. The van der Waals surface area contributed by atoms with Gasteiger partial charge in [-0.1, -0.05) is 6.92 Å². The molecule has 0 spiro atoms. The van der Waals surface area contributed by atoms with Gasteiger partial charge in [-0.15, -0.1) is 0 Å². The van der Waals surface area contributed by atoms with E-state index in [9.17, 15) is 0 Å². The first-order valence-corrected chi connectivity index (χ1v) is 7.37. The Morgan fingerprint density at radius 2 is 1.89 bits per heavy atom. The van der Waals surface area contributed by atoms with Crippen molar-refractivity contribution in [2.45, 2.75) is 45.9 Å². The Kier molecular flexibility index (Phi) is 7.82. The van der Waals surface area contributed by atoms with Crippen molar-refractivity contribution in [3.05, 3.63) is 0 Å². The van der Waals surface area contributed by atoms with Crippen LogP contribution in [-0.4, -0.2) is 68.6 Å². The van der Waals surface area contributed by atoms with Crippen LogP contribution in [-0.2, 0) is 9.47 Å². The Morgan fingerprint density at radius 3 is 2.44 bits per heavy atom. The van der Waals surface area contributed by atoms with Gasteiger partial charge in [0.2, 0.25) is 0 Å². The molecule has 1 atom stereocenters. The van der Waals surface area contributed by atoms with E-state index in [1.54, 1.807) is 0 Å². The number of nitrogens with zero attached hydrogens (tertiary/aromatic N) is 2. The molecule has 1 fully saturated rings. The van der Waals surface area contributed by atoms with Crippen molar-refractivity contribution < 1.29 is 9.47 Å². The maximum Gasteiger partial charge on any atom is 0.170 e. The van der Waals surface area contributed by atoms with E-state index in [1.807, 2.05) is 13.8 Å². The quantitative estimate of drug-likeness (QED) is 0.589. The molecule has 0 radical (unpaired) electrons. The van der Waals surface area contributed by atoms with E-state index in [-0.39, 0.29) is 6.29 Å². The number of likely N-dealkylation sites (tertiary alicyclic amines) is 1. The first kappa shape index (κ1) is 15.9. The van der Waals surface area contributed by atoms with Crippen molar-refractivity contribution in [1.29, 1.82) is 0 Å². The summed E-state index contributed by atoms with van der Waals surface area (Å²) < 4.78 is 11.2. The van der Waals surface area contributed by atoms with Crippen LogP contribution in [0, 0.1) is 0 Å². The van der Waals surface area contributed by atoms with E-state index < -0.39 is 0 Å². The lowest BCUT2D eigenvalue weighted by molar-refractivity contribution is -0.145. The predicted molar refractivity (Wildman–Crippen MR) is 74.8 cm³/mol. The van der Waals surface area contributed by atoms with Crippen LogP contribution in [0.25, 0.3) is 0 Å². The first-order chi connectivity index (χ1) is 8.71. The number of hydrogen-bond acceptors (Lipinski definition) is 4. The maximum atomic E-state index is 5.59. The average Bonchev–Trinajstić information content (AvgIpc) is 2.76. The maximum absolute atomic E-state index is 5.59. The van der Waals surface area contributed by atoms with Crippen molar-refractivity contribution in [3.8, 4) is 0 Å². The van der Waals surface area contributed by atoms with E-state index >= 15 is 0 Å². The third-order valence-electron chi connectivity index (χ3n) is 3.59. The molecule has 1 unspecified atom stereocenters. The van der Waals surface area contributed by atoms with Crippen LogP contribution in [0.3, 0.4) is 0 Å². The molecule has 0 aromatic heterocycles. The molecule has 0 amide bonds. The largest absolute Gasteiger partial charge is 0.352 e. The Bertz CT molecular complexity index is 208. The molecule has 0 saturated carbocycles. The molecule has 0 N–H and O–H groups in total. The number of rotatable bonds is 9. The fourth-order valence-electron chi connectivity index (χ4n) is 2.73. The summed E-state index contributed by atoms with van der Waals surface area (Å²) in [5.74, 6) is 0. The monoisotopic (exact) mass is 258 g/mol. The first-order valence-electron chi connectivity index (χ1n) is 7.37. The van der Waals surface area contributed by atoms with Gasteiger partial charge in [0.05, 0.1) is 0 Å². The molecule has 108 valence electrons. The van der Waals surface area contributed by atoms with Crippen LogP contribution in [0.4, 0.5) is 0 Å². The summed E-state index contributed by atoms with van der Waals surface area (Å²) >= 11 is 0. The van der Waals surface area contributed by atoms with Crippen LogP contribution < -0.4 is 0 Å². The second-order valence-corrected chi connectivity index (χ2v) is 4.99. The predicted octanol–water partition coefficient (Wildman–Crippen LogP) is 1.80. The molecule has 4 nitrogen and oxygen atoms in total. The van der Waals surface area contributed by atoms with Gasteiger partial charge in [0.1, 0.15) is 0 Å². The van der Waals surface area contributed by atoms with E-state index in [0.717, 1.165) is 13.1 Å². The van der Waals surface area contributed by atoms with E-state index in [0.29, 0.717) is 19.3 Å². The molecule has 0 bridgehead atoms. The zero-order valence-electron chi connectivity index (χ0n) is 12.5. The number of likely N-dealkylation sites (N-methyl/N-ethyl adjacent to an activating group) is 2. The minimum absolute atomic E-state index is 0.0820. The smallest absolute Gasteiger partial charge is 0.170 e. The third kappa shape index (κ3) is 5.22. The van der Waals surface area contributed by atoms with Gasteiger partial charge < -0.3 is 9.47 Å². The molecule has 1 heterocycles. The Labute approximate surface area is 112 Å². The minimum Gasteiger partial charge on any atom is -0.352 e. The lowest BCUT2D eigenvalue weighted by Crippen LogP contribution is -2.42. The summed E-state index contributed by atoms with van der Waals surface area (Å²) in [4.78, 5) is 4.92. The van der Waals surface area contributed by atoms with E-state index in [1.165, 1.54) is 25.9 Å². The zero-order chi connectivity index (χ0) is 13.4. The molecule has 0 aromatic rings. The summed E-state index contributed by atoms with van der Waals surface area (Å²) in [6, 6.07) is 0.712. The van der Waals surface area contributed by atoms with Gasteiger partial charge in [-0.2, -0.15) is 0 Å². The van der Waals surface area contributed by atoms with Crippen molar-refractivity contribution in [2.24, 2.45) is 0 Å². The Morgan fingerprint density at radius 1 is 1.22 bits per heavy atom. The average molecular weight is 258 g/mol. The lowest BCUT2D eigenvalue weighted by atomic mass is 10.2. The highest BCUT2D eigenvalue weighted by Crippen LogP contribution is 2.17. The topological polar surface area (TPSA) is 24.9 Å². The van der Waals surface area contributed by atoms with Gasteiger partial charge in [-0.05, 0) is 46.8 Å². The summed E-state index contributed by atoms with van der Waals surface area (Å²) in [5.41, 5.74) is 0. The molecule has 1 rings (SSSR count). The van der Waals surface area contributed by atoms with Gasteiger partial charge >= 0.3 is 0 Å². The van der Waals surface area contributed by atoms with E-state index in [4.69, 9.17) is 9.47 Å². The SMILES string of the molecule is CCOC(CN(C)CC1CCCN1CC)OCC. The molecular weight excluding hydrogens is 228 g/mol. The zero-order valence-corrected chi connectivity index (χ0v) is 12.5. The molecular formula is C14H30N2O2. The van der Waals surface area contributed by atoms with Gasteiger partial charge in [-0.3, -0.25) is 9.80 Å². The lowest BCUT2D eigenvalue weighted by Gasteiger charge is -2.29. The Hall–Kier alpha value is -0.160.